The van der Waals surface area contributed by atoms with Gasteiger partial charge in [-0.2, -0.15) is 0 Å². The first-order valence-electron chi connectivity index (χ1n) is 7.29. The van der Waals surface area contributed by atoms with Gasteiger partial charge in [0.15, 0.2) is 17.5 Å². The van der Waals surface area contributed by atoms with Crippen LogP contribution in [0.15, 0.2) is 23.2 Å². The van der Waals surface area contributed by atoms with Gasteiger partial charge in [0.05, 0.1) is 6.54 Å². The van der Waals surface area contributed by atoms with Gasteiger partial charge in [-0.05, 0) is 18.6 Å². The van der Waals surface area contributed by atoms with Crippen molar-refractivity contribution in [2.75, 3.05) is 47.3 Å². The van der Waals surface area contributed by atoms with Crippen molar-refractivity contribution < 1.29 is 18.9 Å². The Labute approximate surface area is 130 Å². The number of hydrogen-bond donors (Lipinski definition) is 2. The summed E-state index contributed by atoms with van der Waals surface area (Å²) >= 11 is 0. The number of nitrogens with zero attached hydrogens (tertiary/aromatic N) is 1. The van der Waals surface area contributed by atoms with Crippen LogP contribution in [0.2, 0.25) is 0 Å². The summed E-state index contributed by atoms with van der Waals surface area (Å²) in [6.45, 7) is 3.00. The van der Waals surface area contributed by atoms with Crippen LogP contribution < -0.4 is 24.8 Å². The lowest BCUT2D eigenvalue weighted by atomic mass is 10.3. The lowest BCUT2D eigenvalue weighted by Gasteiger charge is -2.12. The number of fused-ring (bicyclic) bond motifs is 1. The maximum absolute atomic E-state index is 5.67. The Morgan fingerprint density at radius 2 is 2.00 bits per heavy atom. The molecule has 1 heterocycles. The van der Waals surface area contributed by atoms with Crippen molar-refractivity contribution in [3.05, 3.63) is 18.2 Å². The van der Waals surface area contributed by atoms with E-state index < -0.39 is 0 Å². The number of benzene rings is 1. The lowest BCUT2D eigenvalue weighted by molar-refractivity contribution is 0.173. The minimum Gasteiger partial charge on any atom is -0.492 e. The number of hydrogen-bond acceptors (Lipinski definition) is 5. The van der Waals surface area contributed by atoms with Crippen LogP contribution in [-0.4, -0.2) is 53.2 Å². The van der Waals surface area contributed by atoms with Crippen LogP contribution in [0.4, 0.5) is 0 Å². The van der Waals surface area contributed by atoms with E-state index in [0.717, 1.165) is 42.8 Å². The van der Waals surface area contributed by atoms with Crippen LogP contribution in [-0.2, 0) is 4.74 Å². The lowest BCUT2D eigenvalue weighted by Crippen LogP contribution is -2.39. The van der Waals surface area contributed by atoms with Crippen LogP contribution in [0.1, 0.15) is 6.42 Å². The van der Waals surface area contributed by atoms with E-state index in [1.54, 1.807) is 14.2 Å². The van der Waals surface area contributed by atoms with E-state index >= 15 is 0 Å². The fraction of sp³-hybridized carbons (Fsp3) is 0.533. The molecule has 0 aromatic heterocycles. The monoisotopic (exact) mass is 309 g/mol. The van der Waals surface area contributed by atoms with E-state index in [1.165, 1.54) is 0 Å². The fourth-order valence-electron chi connectivity index (χ4n) is 1.95. The van der Waals surface area contributed by atoms with Gasteiger partial charge in [0, 0.05) is 33.4 Å². The molecule has 22 heavy (non-hydrogen) atoms. The van der Waals surface area contributed by atoms with Gasteiger partial charge < -0.3 is 29.6 Å². The predicted molar refractivity (Wildman–Crippen MR) is 83.9 cm³/mol. The minimum atomic E-state index is 0.269. The molecule has 7 heteroatoms. The summed E-state index contributed by atoms with van der Waals surface area (Å²) in [6.07, 6.45) is 0.935. The highest BCUT2D eigenvalue weighted by Crippen LogP contribution is 2.34. The summed E-state index contributed by atoms with van der Waals surface area (Å²) in [5.74, 6) is 2.99. The molecule has 2 N–H and O–H groups in total. The van der Waals surface area contributed by atoms with Gasteiger partial charge in [0.1, 0.15) is 12.4 Å². The molecule has 2 rings (SSSR count). The maximum atomic E-state index is 5.67. The maximum Gasteiger partial charge on any atom is 0.231 e. The van der Waals surface area contributed by atoms with Gasteiger partial charge in [-0.3, -0.25) is 4.99 Å². The van der Waals surface area contributed by atoms with Gasteiger partial charge in [0.2, 0.25) is 6.79 Å². The third kappa shape index (κ3) is 5.00. The zero-order chi connectivity index (χ0) is 15.6. The van der Waals surface area contributed by atoms with Gasteiger partial charge in [0.25, 0.3) is 0 Å². The smallest absolute Gasteiger partial charge is 0.231 e. The van der Waals surface area contributed by atoms with Gasteiger partial charge in [-0.15, -0.1) is 0 Å². The Morgan fingerprint density at radius 3 is 2.82 bits per heavy atom. The molecule has 0 bridgehead atoms. The second-order valence-electron chi connectivity index (χ2n) is 4.64. The molecule has 0 saturated heterocycles. The van der Waals surface area contributed by atoms with Crippen molar-refractivity contribution in [3.63, 3.8) is 0 Å². The van der Waals surface area contributed by atoms with Crippen LogP contribution in [0.25, 0.3) is 0 Å². The zero-order valence-corrected chi connectivity index (χ0v) is 13.1. The van der Waals surface area contributed by atoms with Crippen molar-refractivity contribution in [2.45, 2.75) is 6.42 Å². The first kappa shape index (κ1) is 16.2. The van der Waals surface area contributed by atoms with Crippen molar-refractivity contribution in [3.8, 4) is 17.2 Å². The molecule has 0 amide bonds. The standard InChI is InChI=1S/C15H23N3O4/c1-16-15(17-6-3-8-19-2)18-7-9-20-12-4-5-13-14(10-12)22-11-21-13/h4-5,10H,3,6-9,11H2,1-2H3,(H2,16,17,18). The molecular formula is C15H23N3O4. The molecule has 0 aliphatic carbocycles. The summed E-state index contributed by atoms with van der Waals surface area (Å²) in [5, 5.41) is 6.39. The van der Waals surface area contributed by atoms with Crippen LogP contribution in [0, 0.1) is 0 Å². The van der Waals surface area contributed by atoms with E-state index in [4.69, 9.17) is 18.9 Å². The highest BCUT2D eigenvalue weighted by atomic mass is 16.7. The molecule has 1 aliphatic rings. The first-order valence-corrected chi connectivity index (χ1v) is 7.29. The second-order valence-corrected chi connectivity index (χ2v) is 4.64. The SMILES string of the molecule is CN=C(NCCCOC)NCCOc1ccc2c(c1)OCO2. The first-order chi connectivity index (χ1) is 10.8. The van der Waals surface area contributed by atoms with Crippen molar-refractivity contribution in [2.24, 2.45) is 4.99 Å². The van der Waals surface area contributed by atoms with Gasteiger partial charge in [-0.25, -0.2) is 0 Å². The molecule has 1 aliphatic heterocycles. The Hall–Kier alpha value is -2.15. The Kier molecular flexibility index (Phi) is 6.63. The van der Waals surface area contributed by atoms with Gasteiger partial charge >= 0.3 is 0 Å². The number of guanidine groups is 1. The third-order valence-corrected chi connectivity index (χ3v) is 3.05. The molecule has 7 nitrogen and oxygen atoms in total. The van der Waals surface area contributed by atoms with E-state index in [1.807, 2.05) is 18.2 Å². The number of aliphatic imine (C=N–C) groups is 1. The number of ether oxygens (including phenoxy) is 4. The predicted octanol–water partition coefficient (Wildman–Crippen LogP) is 0.996. The summed E-state index contributed by atoms with van der Waals surface area (Å²) in [5.41, 5.74) is 0. The zero-order valence-electron chi connectivity index (χ0n) is 13.1. The fourth-order valence-corrected chi connectivity index (χ4v) is 1.95. The molecule has 0 saturated carbocycles. The van der Waals surface area contributed by atoms with Crippen LogP contribution in [0.3, 0.4) is 0 Å². The normalized spacial score (nSPS) is 13.1. The van der Waals surface area contributed by atoms with Gasteiger partial charge in [-0.1, -0.05) is 0 Å². The number of methoxy groups -OCH3 is 1. The third-order valence-electron chi connectivity index (χ3n) is 3.05. The summed E-state index contributed by atoms with van der Waals surface area (Å²) < 4.78 is 21.2. The minimum absolute atomic E-state index is 0.269. The largest absolute Gasteiger partial charge is 0.492 e. The molecule has 1 aromatic carbocycles. The highest BCUT2D eigenvalue weighted by Gasteiger charge is 2.13. The molecule has 0 unspecified atom stereocenters. The van der Waals surface area contributed by atoms with Crippen molar-refractivity contribution >= 4 is 5.96 Å². The molecule has 122 valence electrons. The second kappa shape index (κ2) is 8.99. The molecule has 0 spiro atoms. The van der Waals surface area contributed by atoms with Crippen molar-refractivity contribution in [1.82, 2.24) is 10.6 Å². The summed E-state index contributed by atoms with van der Waals surface area (Å²) in [4.78, 5) is 4.14. The molecule has 0 radical (unpaired) electrons. The van der Waals surface area contributed by atoms with E-state index in [-0.39, 0.29) is 6.79 Å². The Balaban J connectivity index is 1.63. The van der Waals surface area contributed by atoms with Crippen molar-refractivity contribution in [1.29, 1.82) is 0 Å². The van der Waals surface area contributed by atoms with Crippen LogP contribution in [0.5, 0.6) is 17.2 Å². The molecule has 0 fully saturated rings. The Morgan fingerprint density at radius 1 is 1.18 bits per heavy atom. The number of rotatable bonds is 8. The average molecular weight is 309 g/mol. The quantitative estimate of drug-likeness (QED) is 0.424. The molecule has 0 atom stereocenters. The average Bonchev–Trinajstić information content (AvgIpc) is 3.01. The Bertz CT molecular complexity index is 494. The van der Waals surface area contributed by atoms with E-state index in [2.05, 4.69) is 15.6 Å². The topological polar surface area (TPSA) is 73.3 Å². The number of nitrogens with one attached hydrogen (secondary N) is 2. The van der Waals surface area contributed by atoms with Crippen LogP contribution >= 0.6 is 0 Å². The highest BCUT2D eigenvalue weighted by molar-refractivity contribution is 5.79. The molecular weight excluding hydrogens is 286 g/mol. The molecule has 1 aromatic rings. The van der Waals surface area contributed by atoms with E-state index in [9.17, 15) is 0 Å². The summed E-state index contributed by atoms with van der Waals surface area (Å²) in [6, 6.07) is 5.55. The summed E-state index contributed by atoms with van der Waals surface area (Å²) in [7, 11) is 3.44. The van der Waals surface area contributed by atoms with E-state index in [0.29, 0.717) is 13.2 Å².